The minimum absolute atomic E-state index is 0.0602. The third-order valence-electron chi connectivity index (χ3n) is 7.10. The van der Waals surface area contributed by atoms with Crippen molar-refractivity contribution in [2.75, 3.05) is 0 Å². The first-order chi connectivity index (χ1) is 10.0. The Bertz CT molecular complexity index is 544. The molecule has 0 bridgehead atoms. The molecule has 4 aliphatic carbocycles. The highest BCUT2D eigenvalue weighted by Crippen LogP contribution is 2.61. The molecule has 0 aromatic heterocycles. The van der Waals surface area contributed by atoms with Crippen molar-refractivity contribution in [1.82, 2.24) is 0 Å². The Balaban J connectivity index is 1.68. The Morgan fingerprint density at radius 2 is 2.05 bits per heavy atom. The predicted molar refractivity (Wildman–Crippen MR) is 82.6 cm³/mol. The number of carbonyl (C=O) groups excluding carboxylic acids is 1. The van der Waals surface area contributed by atoms with Crippen molar-refractivity contribution in [3.8, 4) is 0 Å². The lowest BCUT2D eigenvalue weighted by Gasteiger charge is -2.51. The van der Waals surface area contributed by atoms with Gasteiger partial charge in [-0.15, -0.1) is 0 Å². The van der Waals surface area contributed by atoms with E-state index >= 15 is 0 Å². The van der Waals surface area contributed by atoms with E-state index in [1.165, 1.54) is 30.4 Å². The molecule has 0 aromatic carbocycles. The van der Waals surface area contributed by atoms with Crippen molar-refractivity contribution in [1.29, 1.82) is 0 Å². The summed E-state index contributed by atoms with van der Waals surface area (Å²) in [7, 11) is 0. The van der Waals surface area contributed by atoms with Gasteiger partial charge in [-0.2, -0.15) is 0 Å². The number of aliphatic hydroxyl groups is 1. The van der Waals surface area contributed by atoms with Gasteiger partial charge in [-0.25, -0.2) is 0 Å². The Labute approximate surface area is 127 Å². The van der Waals surface area contributed by atoms with Crippen LogP contribution in [-0.2, 0) is 4.79 Å². The molecule has 0 aromatic rings. The van der Waals surface area contributed by atoms with Crippen molar-refractivity contribution in [2.45, 2.75) is 58.5 Å². The van der Waals surface area contributed by atoms with Gasteiger partial charge in [0, 0.05) is 5.92 Å². The molecule has 0 spiro atoms. The van der Waals surface area contributed by atoms with Gasteiger partial charge >= 0.3 is 0 Å². The summed E-state index contributed by atoms with van der Waals surface area (Å²) in [6, 6.07) is 0. The molecule has 114 valence electrons. The summed E-state index contributed by atoms with van der Waals surface area (Å²) in [5, 5.41) is 10.4. The molecule has 3 fully saturated rings. The van der Waals surface area contributed by atoms with Gasteiger partial charge in [-0.05, 0) is 78.9 Å². The first-order valence-corrected chi connectivity index (χ1v) is 8.65. The van der Waals surface area contributed by atoms with E-state index in [1.807, 2.05) is 13.0 Å². The number of ketones is 1. The monoisotopic (exact) mass is 286 g/mol. The standard InChI is InChI=1S/C19H26O2/c1-11-9-15-12(10-17(11)20)3-4-14-13(15)7-8-19(2)16(14)5-6-18(19)21/h9-11,13-14,16,18,21H,3-8H2,1-2H3. The molecule has 0 amide bonds. The number of rotatable bonds is 0. The zero-order valence-corrected chi connectivity index (χ0v) is 13.1. The van der Waals surface area contributed by atoms with Gasteiger partial charge in [0.1, 0.15) is 0 Å². The summed E-state index contributed by atoms with van der Waals surface area (Å²) in [6.45, 7) is 4.34. The quantitative estimate of drug-likeness (QED) is 0.738. The van der Waals surface area contributed by atoms with Gasteiger partial charge in [0.05, 0.1) is 6.10 Å². The SMILES string of the molecule is CC1C=C2C(=CC1=O)CCC1C2CCC2(C)C(O)CCC12. The molecule has 0 saturated heterocycles. The second-order valence-electron chi connectivity index (χ2n) is 8.04. The van der Waals surface area contributed by atoms with Crippen LogP contribution in [0.2, 0.25) is 0 Å². The van der Waals surface area contributed by atoms with Crippen LogP contribution in [-0.4, -0.2) is 17.0 Å². The average molecular weight is 286 g/mol. The minimum atomic E-state index is -0.0961. The Kier molecular flexibility index (Phi) is 2.98. The second kappa shape index (κ2) is 4.55. The lowest BCUT2D eigenvalue weighted by molar-refractivity contribution is -0.116. The van der Waals surface area contributed by atoms with Crippen LogP contribution in [0.4, 0.5) is 0 Å². The van der Waals surface area contributed by atoms with E-state index in [9.17, 15) is 9.90 Å². The summed E-state index contributed by atoms with van der Waals surface area (Å²) in [5.41, 5.74) is 2.96. The van der Waals surface area contributed by atoms with Crippen LogP contribution in [0.25, 0.3) is 0 Å². The van der Waals surface area contributed by atoms with Crippen molar-refractivity contribution in [3.05, 3.63) is 23.3 Å². The van der Waals surface area contributed by atoms with Crippen molar-refractivity contribution in [2.24, 2.45) is 29.1 Å². The summed E-state index contributed by atoms with van der Waals surface area (Å²) in [4.78, 5) is 11.9. The van der Waals surface area contributed by atoms with Gasteiger partial charge < -0.3 is 5.11 Å². The van der Waals surface area contributed by atoms with Crippen molar-refractivity contribution >= 4 is 5.78 Å². The van der Waals surface area contributed by atoms with Crippen molar-refractivity contribution in [3.63, 3.8) is 0 Å². The highest BCUT2D eigenvalue weighted by atomic mass is 16.3. The number of hydrogen-bond acceptors (Lipinski definition) is 2. The van der Waals surface area contributed by atoms with Crippen molar-refractivity contribution < 1.29 is 9.90 Å². The molecule has 1 N–H and O–H groups in total. The first kappa shape index (κ1) is 13.8. The molecule has 0 heterocycles. The molecule has 2 heteroatoms. The molecule has 4 aliphatic rings. The van der Waals surface area contributed by atoms with E-state index in [0.29, 0.717) is 11.8 Å². The van der Waals surface area contributed by atoms with Gasteiger partial charge in [-0.3, -0.25) is 4.79 Å². The second-order valence-corrected chi connectivity index (χ2v) is 8.04. The first-order valence-electron chi connectivity index (χ1n) is 8.65. The lowest BCUT2D eigenvalue weighted by Crippen LogP contribution is -2.45. The summed E-state index contributed by atoms with van der Waals surface area (Å²) >= 11 is 0. The zero-order valence-electron chi connectivity index (χ0n) is 13.1. The number of carbonyl (C=O) groups is 1. The molecule has 0 aliphatic heterocycles. The Hall–Kier alpha value is -0.890. The van der Waals surface area contributed by atoms with E-state index < -0.39 is 0 Å². The van der Waals surface area contributed by atoms with Crippen LogP contribution >= 0.6 is 0 Å². The largest absolute Gasteiger partial charge is 0.393 e. The predicted octanol–water partition coefficient (Wildman–Crippen LogP) is 3.66. The minimum Gasteiger partial charge on any atom is -0.393 e. The maximum absolute atomic E-state index is 11.9. The zero-order chi connectivity index (χ0) is 14.8. The third-order valence-corrected chi connectivity index (χ3v) is 7.10. The van der Waals surface area contributed by atoms with Crippen LogP contribution in [0.3, 0.4) is 0 Å². The fraction of sp³-hybridized carbons (Fsp3) is 0.737. The number of fused-ring (bicyclic) bond motifs is 5. The Morgan fingerprint density at radius 3 is 2.86 bits per heavy atom. The maximum atomic E-state index is 11.9. The van der Waals surface area contributed by atoms with E-state index in [2.05, 4.69) is 13.0 Å². The normalized spacial score (nSPS) is 48.9. The molecular formula is C19H26O2. The van der Waals surface area contributed by atoms with Gasteiger partial charge in [0.15, 0.2) is 5.78 Å². The van der Waals surface area contributed by atoms with Gasteiger partial charge in [0.25, 0.3) is 0 Å². The lowest BCUT2D eigenvalue weighted by atomic mass is 9.54. The summed E-state index contributed by atoms with van der Waals surface area (Å²) in [5.74, 6) is 2.39. The molecule has 21 heavy (non-hydrogen) atoms. The van der Waals surface area contributed by atoms with Crippen LogP contribution in [0.5, 0.6) is 0 Å². The van der Waals surface area contributed by atoms with Crippen LogP contribution in [0.1, 0.15) is 52.4 Å². The molecule has 4 rings (SSSR count). The fourth-order valence-corrected chi connectivity index (χ4v) is 5.79. The van der Waals surface area contributed by atoms with E-state index in [4.69, 9.17) is 0 Å². The molecule has 6 atom stereocenters. The summed E-state index contributed by atoms with van der Waals surface area (Å²) in [6.07, 6.45) is 10.9. The molecule has 0 radical (unpaired) electrons. The van der Waals surface area contributed by atoms with E-state index in [-0.39, 0.29) is 23.2 Å². The highest BCUT2D eigenvalue weighted by Gasteiger charge is 2.55. The summed E-state index contributed by atoms with van der Waals surface area (Å²) < 4.78 is 0. The molecular weight excluding hydrogens is 260 g/mol. The topological polar surface area (TPSA) is 37.3 Å². The molecule has 3 saturated carbocycles. The van der Waals surface area contributed by atoms with Crippen LogP contribution in [0.15, 0.2) is 23.3 Å². The Morgan fingerprint density at radius 1 is 1.24 bits per heavy atom. The van der Waals surface area contributed by atoms with Gasteiger partial charge in [-0.1, -0.05) is 19.9 Å². The maximum Gasteiger partial charge on any atom is 0.162 e. The van der Waals surface area contributed by atoms with Gasteiger partial charge in [0.2, 0.25) is 0 Å². The smallest absolute Gasteiger partial charge is 0.162 e. The highest BCUT2D eigenvalue weighted by molar-refractivity contribution is 5.95. The van der Waals surface area contributed by atoms with Crippen LogP contribution in [0, 0.1) is 29.1 Å². The number of allylic oxidation sites excluding steroid dienone is 4. The molecule has 2 nitrogen and oxygen atoms in total. The van der Waals surface area contributed by atoms with E-state index in [0.717, 1.165) is 25.2 Å². The third kappa shape index (κ3) is 1.84. The van der Waals surface area contributed by atoms with Crippen LogP contribution < -0.4 is 0 Å². The number of aliphatic hydroxyl groups excluding tert-OH is 1. The number of hydrogen-bond donors (Lipinski definition) is 1. The average Bonchev–Trinajstić information content (AvgIpc) is 2.76. The fourth-order valence-electron chi connectivity index (χ4n) is 5.79. The van der Waals surface area contributed by atoms with E-state index in [1.54, 1.807) is 0 Å². The molecule has 6 unspecified atom stereocenters.